The number of morpholine rings is 1. The molecule has 0 spiro atoms. The number of carbonyl (C=O) groups is 1. The molecule has 0 bridgehead atoms. The van der Waals surface area contributed by atoms with E-state index in [1.54, 1.807) is 18.3 Å². The first-order valence-corrected chi connectivity index (χ1v) is 12.9. The van der Waals surface area contributed by atoms with E-state index in [0.29, 0.717) is 5.92 Å². The highest BCUT2D eigenvalue weighted by Gasteiger charge is 2.40. The summed E-state index contributed by atoms with van der Waals surface area (Å²) in [5.74, 6) is 7.78. The molecule has 8 nitrogen and oxygen atoms in total. The lowest BCUT2D eigenvalue weighted by Crippen LogP contribution is -2.50. The van der Waals surface area contributed by atoms with E-state index in [1.165, 1.54) is 5.56 Å². The number of piperidine rings is 1. The quantitative estimate of drug-likeness (QED) is 0.660. The standard InChI is InChI=1S/C25H32N6O2S/c1-3-4-24(32)31-8-6-20-5-7-30(17-21(20)31)23-14-19(16-29-9-11-33-12-10-29)13-22(27-23)28-25-26-15-18(2)34-25/h13-15,20-21H,5-12,16-17H2,1-2H3,(H,26,27,28). The number of anilines is 3. The van der Waals surface area contributed by atoms with Gasteiger partial charge in [0.15, 0.2) is 5.13 Å². The molecule has 1 N–H and O–H groups in total. The third-order valence-corrected chi connectivity index (χ3v) is 7.75. The molecular weight excluding hydrogens is 448 g/mol. The molecule has 3 aliphatic heterocycles. The van der Waals surface area contributed by atoms with E-state index >= 15 is 0 Å². The van der Waals surface area contributed by atoms with Gasteiger partial charge in [-0.1, -0.05) is 5.92 Å². The fraction of sp³-hybridized carbons (Fsp3) is 0.560. The number of hydrogen-bond donors (Lipinski definition) is 1. The minimum absolute atomic E-state index is 0.0487. The van der Waals surface area contributed by atoms with Crippen molar-refractivity contribution in [2.45, 2.75) is 39.3 Å². The van der Waals surface area contributed by atoms with Gasteiger partial charge in [-0.05, 0) is 56.2 Å². The molecule has 0 saturated carbocycles. The SMILES string of the molecule is CC#CC(=O)N1CCC2CCN(c3cc(CN4CCOCC4)cc(Nc4ncc(C)s4)n3)CC21. The largest absolute Gasteiger partial charge is 0.379 e. The Kier molecular flexibility index (Phi) is 6.99. The first kappa shape index (κ1) is 23.1. The monoisotopic (exact) mass is 480 g/mol. The second-order valence-electron chi connectivity index (χ2n) is 9.23. The molecule has 0 radical (unpaired) electrons. The number of hydrogen-bond acceptors (Lipinski definition) is 8. The summed E-state index contributed by atoms with van der Waals surface area (Å²) in [6.45, 7) is 10.6. The van der Waals surface area contributed by atoms with Gasteiger partial charge < -0.3 is 19.9 Å². The molecule has 9 heteroatoms. The molecule has 0 aromatic carbocycles. The van der Waals surface area contributed by atoms with Gasteiger partial charge in [0.1, 0.15) is 11.6 Å². The number of thiazole rings is 1. The van der Waals surface area contributed by atoms with E-state index in [1.807, 2.05) is 11.1 Å². The van der Waals surface area contributed by atoms with Gasteiger partial charge in [-0.25, -0.2) is 9.97 Å². The first-order chi connectivity index (χ1) is 16.6. The summed E-state index contributed by atoms with van der Waals surface area (Å²) in [6.07, 6.45) is 4.01. The number of rotatable bonds is 5. The van der Waals surface area contributed by atoms with E-state index < -0.39 is 0 Å². The number of carbonyl (C=O) groups excluding carboxylic acids is 1. The van der Waals surface area contributed by atoms with Crippen molar-refractivity contribution in [2.75, 3.05) is 56.2 Å². The van der Waals surface area contributed by atoms with Crippen molar-refractivity contribution >= 4 is 34.0 Å². The number of nitrogens with one attached hydrogen (secondary N) is 1. The number of ether oxygens (including phenoxy) is 1. The highest BCUT2D eigenvalue weighted by Crippen LogP contribution is 2.34. The molecule has 2 unspecified atom stereocenters. The lowest BCUT2D eigenvalue weighted by molar-refractivity contribution is -0.126. The van der Waals surface area contributed by atoms with Crippen molar-refractivity contribution in [3.05, 3.63) is 28.8 Å². The Bertz CT molecular complexity index is 1090. The Balaban J connectivity index is 1.39. The van der Waals surface area contributed by atoms with E-state index in [9.17, 15) is 4.79 Å². The van der Waals surface area contributed by atoms with E-state index in [2.05, 4.69) is 51.0 Å². The molecule has 2 atom stereocenters. The fourth-order valence-electron chi connectivity index (χ4n) is 5.21. The lowest BCUT2D eigenvalue weighted by Gasteiger charge is -2.38. The average molecular weight is 481 g/mol. The number of fused-ring (bicyclic) bond motifs is 1. The molecule has 3 aliphatic rings. The number of aromatic nitrogens is 2. The molecule has 180 valence electrons. The molecule has 2 aromatic heterocycles. The lowest BCUT2D eigenvalue weighted by atomic mass is 9.92. The summed E-state index contributed by atoms with van der Waals surface area (Å²) in [6, 6.07) is 4.54. The second-order valence-corrected chi connectivity index (χ2v) is 10.5. The van der Waals surface area contributed by atoms with Crippen LogP contribution >= 0.6 is 11.3 Å². The van der Waals surface area contributed by atoms with Crippen LogP contribution in [0.15, 0.2) is 18.3 Å². The zero-order valence-electron chi connectivity index (χ0n) is 19.9. The molecule has 2 aromatic rings. The Morgan fingerprint density at radius 1 is 1.24 bits per heavy atom. The van der Waals surface area contributed by atoms with Crippen molar-refractivity contribution in [1.29, 1.82) is 0 Å². The van der Waals surface area contributed by atoms with Crippen LogP contribution in [-0.4, -0.2) is 77.7 Å². The van der Waals surface area contributed by atoms with Crippen molar-refractivity contribution in [1.82, 2.24) is 19.8 Å². The second kappa shape index (κ2) is 10.3. The molecule has 5 heterocycles. The summed E-state index contributed by atoms with van der Waals surface area (Å²) in [5, 5.41) is 4.27. The molecule has 3 saturated heterocycles. The van der Waals surface area contributed by atoms with Gasteiger partial charge >= 0.3 is 0 Å². The van der Waals surface area contributed by atoms with Crippen LogP contribution in [0.2, 0.25) is 0 Å². The van der Waals surface area contributed by atoms with Gasteiger partial charge in [-0.3, -0.25) is 9.69 Å². The Labute approximate surface area is 205 Å². The average Bonchev–Trinajstić information content (AvgIpc) is 3.45. The first-order valence-electron chi connectivity index (χ1n) is 12.1. The zero-order valence-corrected chi connectivity index (χ0v) is 20.7. The normalized spacial score (nSPS) is 22.8. The predicted octanol–water partition coefficient (Wildman–Crippen LogP) is 2.87. The summed E-state index contributed by atoms with van der Waals surface area (Å²) in [7, 11) is 0. The van der Waals surface area contributed by atoms with E-state index in [4.69, 9.17) is 9.72 Å². The predicted molar refractivity (Wildman–Crippen MR) is 134 cm³/mol. The topological polar surface area (TPSA) is 73.8 Å². The Hall–Kier alpha value is -2.67. The maximum atomic E-state index is 12.6. The van der Waals surface area contributed by atoms with Gasteiger partial charge in [0.05, 0.1) is 19.3 Å². The molecule has 0 aliphatic carbocycles. The molecule has 34 heavy (non-hydrogen) atoms. The van der Waals surface area contributed by atoms with Crippen LogP contribution in [0.3, 0.4) is 0 Å². The molecule has 1 amide bonds. The zero-order chi connectivity index (χ0) is 23.5. The summed E-state index contributed by atoms with van der Waals surface area (Å²) in [5.41, 5.74) is 1.22. The molecular formula is C25H32N6O2S. The summed E-state index contributed by atoms with van der Waals surface area (Å²) < 4.78 is 5.52. The maximum Gasteiger partial charge on any atom is 0.298 e. The van der Waals surface area contributed by atoms with Gasteiger partial charge in [0.2, 0.25) is 0 Å². The third-order valence-electron chi connectivity index (χ3n) is 6.92. The van der Waals surface area contributed by atoms with E-state index in [-0.39, 0.29) is 11.9 Å². The number of aryl methyl sites for hydroxylation is 1. The van der Waals surface area contributed by atoms with E-state index in [0.717, 1.165) is 87.0 Å². The smallest absolute Gasteiger partial charge is 0.298 e. The van der Waals surface area contributed by atoms with Crippen LogP contribution in [0.4, 0.5) is 16.8 Å². The van der Waals surface area contributed by atoms with Gasteiger partial charge in [0, 0.05) is 50.3 Å². The Morgan fingerprint density at radius 3 is 2.82 bits per heavy atom. The highest BCUT2D eigenvalue weighted by atomic mass is 32.1. The van der Waals surface area contributed by atoms with Crippen molar-refractivity contribution in [3.63, 3.8) is 0 Å². The minimum Gasteiger partial charge on any atom is -0.379 e. The van der Waals surface area contributed by atoms with Crippen LogP contribution in [-0.2, 0) is 16.1 Å². The van der Waals surface area contributed by atoms with Crippen LogP contribution in [0.25, 0.3) is 0 Å². The number of pyridine rings is 1. The van der Waals surface area contributed by atoms with Crippen LogP contribution in [0.5, 0.6) is 0 Å². The van der Waals surface area contributed by atoms with Crippen molar-refractivity contribution < 1.29 is 9.53 Å². The van der Waals surface area contributed by atoms with Crippen LogP contribution < -0.4 is 10.2 Å². The van der Waals surface area contributed by atoms with Gasteiger partial charge in [0.25, 0.3) is 5.91 Å². The fourth-order valence-corrected chi connectivity index (χ4v) is 5.88. The van der Waals surface area contributed by atoms with Gasteiger partial charge in [-0.2, -0.15) is 0 Å². The summed E-state index contributed by atoms with van der Waals surface area (Å²) in [4.78, 5) is 29.9. The third kappa shape index (κ3) is 5.19. The Morgan fingerprint density at radius 2 is 2.06 bits per heavy atom. The van der Waals surface area contributed by atoms with Crippen molar-refractivity contribution in [2.24, 2.45) is 5.92 Å². The molecule has 3 fully saturated rings. The molecule has 5 rings (SSSR count). The van der Waals surface area contributed by atoms with Gasteiger partial charge in [-0.15, -0.1) is 11.3 Å². The highest BCUT2D eigenvalue weighted by molar-refractivity contribution is 7.15. The maximum absolute atomic E-state index is 12.6. The number of amides is 1. The van der Waals surface area contributed by atoms with Crippen molar-refractivity contribution in [3.8, 4) is 11.8 Å². The van der Waals surface area contributed by atoms with Crippen LogP contribution in [0.1, 0.15) is 30.2 Å². The number of likely N-dealkylation sites (tertiary alicyclic amines) is 1. The summed E-state index contributed by atoms with van der Waals surface area (Å²) >= 11 is 1.63. The minimum atomic E-state index is -0.0487. The van der Waals surface area contributed by atoms with Crippen LogP contribution in [0, 0.1) is 24.7 Å². The number of nitrogens with zero attached hydrogens (tertiary/aromatic N) is 5.